The van der Waals surface area contributed by atoms with Crippen LogP contribution in [0.3, 0.4) is 0 Å². The first-order valence-corrected chi connectivity index (χ1v) is 5.86. The van der Waals surface area contributed by atoms with Gasteiger partial charge in [-0.1, -0.05) is 12.8 Å². The van der Waals surface area contributed by atoms with Crippen LogP contribution in [0.15, 0.2) is 18.2 Å². The molecule has 0 aliphatic heterocycles. The molecule has 2 atom stereocenters. The van der Waals surface area contributed by atoms with Gasteiger partial charge in [0.15, 0.2) is 0 Å². The van der Waals surface area contributed by atoms with E-state index in [1.54, 1.807) is 0 Å². The molecule has 3 heteroatoms. The molecular formula is C13H17F2N. The molecule has 2 N–H and O–H groups in total. The van der Waals surface area contributed by atoms with E-state index in [0.717, 1.165) is 31.7 Å². The van der Waals surface area contributed by atoms with Crippen molar-refractivity contribution in [2.75, 3.05) is 0 Å². The standard InChI is InChI=1S/C13H17F2N/c14-11-5-6-12(15)10(8-11)7-9-3-1-2-4-13(9)16/h5-6,8-9,13H,1-4,7,16H2. The maximum absolute atomic E-state index is 13.4. The Kier molecular flexibility index (Phi) is 3.54. The van der Waals surface area contributed by atoms with Gasteiger partial charge in [-0.15, -0.1) is 0 Å². The van der Waals surface area contributed by atoms with Crippen molar-refractivity contribution in [3.05, 3.63) is 35.4 Å². The van der Waals surface area contributed by atoms with Gasteiger partial charge in [0.2, 0.25) is 0 Å². The molecule has 1 fully saturated rings. The summed E-state index contributed by atoms with van der Waals surface area (Å²) in [5.41, 5.74) is 6.46. The molecule has 2 unspecified atom stereocenters. The molecule has 16 heavy (non-hydrogen) atoms. The van der Waals surface area contributed by atoms with Crippen molar-refractivity contribution in [1.82, 2.24) is 0 Å². The molecular weight excluding hydrogens is 208 g/mol. The highest BCUT2D eigenvalue weighted by atomic mass is 19.1. The monoisotopic (exact) mass is 225 g/mol. The molecule has 1 aliphatic carbocycles. The molecule has 0 heterocycles. The van der Waals surface area contributed by atoms with E-state index < -0.39 is 0 Å². The second-order valence-electron chi connectivity index (χ2n) is 4.65. The van der Waals surface area contributed by atoms with Gasteiger partial charge in [-0.05, 0) is 48.9 Å². The van der Waals surface area contributed by atoms with E-state index in [9.17, 15) is 8.78 Å². The van der Waals surface area contributed by atoms with Crippen molar-refractivity contribution in [3.63, 3.8) is 0 Å². The smallest absolute Gasteiger partial charge is 0.126 e. The largest absolute Gasteiger partial charge is 0.327 e. The van der Waals surface area contributed by atoms with Crippen LogP contribution in [-0.4, -0.2) is 6.04 Å². The highest BCUT2D eigenvalue weighted by Crippen LogP contribution is 2.27. The first-order chi connectivity index (χ1) is 7.66. The first kappa shape index (κ1) is 11.5. The van der Waals surface area contributed by atoms with Gasteiger partial charge in [0.1, 0.15) is 11.6 Å². The predicted octanol–water partition coefficient (Wildman–Crippen LogP) is 3.02. The van der Waals surface area contributed by atoms with Gasteiger partial charge in [0.25, 0.3) is 0 Å². The Morgan fingerprint density at radius 1 is 1.19 bits per heavy atom. The second-order valence-corrected chi connectivity index (χ2v) is 4.65. The van der Waals surface area contributed by atoms with Crippen molar-refractivity contribution in [2.24, 2.45) is 11.7 Å². The summed E-state index contributed by atoms with van der Waals surface area (Å²) in [4.78, 5) is 0. The summed E-state index contributed by atoms with van der Waals surface area (Å²) in [6.45, 7) is 0. The van der Waals surface area contributed by atoms with Crippen molar-refractivity contribution in [2.45, 2.75) is 38.1 Å². The number of rotatable bonds is 2. The third kappa shape index (κ3) is 2.59. The van der Waals surface area contributed by atoms with E-state index in [1.165, 1.54) is 12.1 Å². The Labute approximate surface area is 94.7 Å². The van der Waals surface area contributed by atoms with Crippen LogP contribution in [0.25, 0.3) is 0 Å². The third-order valence-corrected chi connectivity index (χ3v) is 3.46. The van der Waals surface area contributed by atoms with Crippen LogP contribution in [-0.2, 0) is 6.42 Å². The van der Waals surface area contributed by atoms with Crippen LogP contribution < -0.4 is 5.73 Å². The lowest BCUT2D eigenvalue weighted by Crippen LogP contribution is -2.34. The van der Waals surface area contributed by atoms with E-state index in [-0.39, 0.29) is 17.7 Å². The summed E-state index contributed by atoms with van der Waals surface area (Å²) in [5, 5.41) is 0. The minimum absolute atomic E-state index is 0.136. The molecule has 1 aromatic rings. The minimum atomic E-state index is -0.374. The molecule has 2 rings (SSSR count). The zero-order valence-corrected chi connectivity index (χ0v) is 9.26. The second kappa shape index (κ2) is 4.91. The van der Waals surface area contributed by atoms with Crippen molar-refractivity contribution in [3.8, 4) is 0 Å². The van der Waals surface area contributed by atoms with Crippen LogP contribution in [0.5, 0.6) is 0 Å². The number of benzene rings is 1. The molecule has 88 valence electrons. The Hall–Kier alpha value is -0.960. The Morgan fingerprint density at radius 2 is 1.94 bits per heavy atom. The molecule has 0 radical (unpaired) electrons. The van der Waals surface area contributed by atoms with Crippen molar-refractivity contribution < 1.29 is 8.78 Å². The quantitative estimate of drug-likeness (QED) is 0.822. The lowest BCUT2D eigenvalue weighted by atomic mass is 9.81. The van der Waals surface area contributed by atoms with Crippen LogP contribution in [0.1, 0.15) is 31.2 Å². The first-order valence-electron chi connectivity index (χ1n) is 5.86. The van der Waals surface area contributed by atoms with Crippen molar-refractivity contribution in [1.29, 1.82) is 0 Å². The van der Waals surface area contributed by atoms with E-state index >= 15 is 0 Å². The van der Waals surface area contributed by atoms with Crippen molar-refractivity contribution >= 4 is 0 Å². The molecule has 0 spiro atoms. The van der Waals surface area contributed by atoms with E-state index in [4.69, 9.17) is 5.73 Å². The maximum atomic E-state index is 13.4. The third-order valence-electron chi connectivity index (χ3n) is 3.46. The van der Waals surface area contributed by atoms with E-state index in [1.807, 2.05) is 0 Å². The molecule has 0 aromatic heterocycles. The number of hydrogen-bond donors (Lipinski definition) is 1. The fourth-order valence-corrected chi connectivity index (χ4v) is 2.47. The number of halogens is 2. The Balaban J connectivity index is 2.10. The molecule has 0 bridgehead atoms. The zero-order chi connectivity index (χ0) is 11.5. The molecule has 0 saturated heterocycles. The van der Waals surface area contributed by atoms with E-state index in [2.05, 4.69) is 0 Å². The predicted molar refractivity (Wildman–Crippen MR) is 60.0 cm³/mol. The Morgan fingerprint density at radius 3 is 2.69 bits per heavy atom. The average molecular weight is 225 g/mol. The number of nitrogens with two attached hydrogens (primary N) is 1. The minimum Gasteiger partial charge on any atom is -0.327 e. The lowest BCUT2D eigenvalue weighted by molar-refractivity contribution is 0.303. The molecule has 1 saturated carbocycles. The summed E-state index contributed by atoms with van der Waals surface area (Å²) >= 11 is 0. The fraction of sp³-hybridized carbons (Fsp3) is 0.538. The van der Waals surface area contributed by atoms with Gasteiger partial charge >= 0.3 is 0 Å². The number of hydrogen-bond acceptors (Lipinski definition) is 1. The van der Waals surface area contributed by atoms with Crippen LogP contribution >= 0.6 is 0 Å². The summed E-state index contributed by atoms with van der Waals surface area (Å²) in [6.07, 6.45) is 4.89. The maximum Gasteiger partial charge on any atom is 0.126 e. The molecule has 1 aliphatic rings. The van der Waals surface area contributed by atoms with E-state index in [0.29, 0.717) is 17.9 Å². The van der Waals surface area contributed by atoms with Gasteiger partial charge < -0.3 is 5.73 Å². The SMILES string of the molecule is NC1CCCCC1Cc1cc(F)ccc1F. The highest BCUT2D eigenvalue weighted by Gasteiger charge is 2.23. The van der Waals surface area contributed by atoms with Gasteiger partial charge in [0, 0.05) is 6.04 Å². The molecule has 0 amide bonds. The molecule has 1 aromatic carbocycles. The van der Waals surface area contributed by atoms with Crippen LogP contribution in [0, 0.1) is 17.6 Å². The topological polar surface area (TPSA) is 26.0 Å². The fourth-order valence-electron chi connectivity index (χ4n) is 2.47. The van der Waals surface area contributed by atoms with Crippen LogP contribution in [0.4, 0.5) is 8.78 Å². The van der Waals surface area contributed by atoms with Gasteiger partial charge in [-0.3, -0.25) is 0 Å². The summed E-state index contributed by atoms with van der Waals surface area (Å²) in [5.74, 6) is -0.398. The summed E-state index contributed by atoms with van der Waals surface area (Å²) in [7, 11) is 0. The van der Waals surface area contributed by atoms with Gasteiger partial charge in [-0.25, -0.2) is 8.78 Å². The summed E-state index contributed by atoms with van der Waals surface area (Å²) in [6, 6.07) is 3.77. The van der Waals surface area contributed by atoms with Crippen LogP contribution in [0.2, 0.25) is 0 Å². The van der Waals surface area contributed by atoms with Gasteiger partial charge in [-0.2, -0.15) is 0 Å². The lowest BCUT2D eigenvalue weighted by Gasteiger charge is -2.28. The van der Waals surface area contributed by atoms with Gasteiger partial charge in [0.05, 0.1) is 0 Å². The normalized spacial score (nSPS) is 25.7. The average Bonchev–Trinajstić information content (AvgIpc) is 2.27. The molecule has 1 nitrogen and oxygen atoms in total. The summed E-state index contributed by atoms with van der Waals surface area (Å²) < 4.78 is 26.4. The zero-order valence-electron chi connectivity index (χ0n) is 9.26. The Bertz CT molecular complexity index is 365. The highest BCUT2D eigenvalue weighted by molar-refractivity contribution is 5.19.